The van der Waals surface area contributed by atoms with Gasteiger partial charge in [-0.3, -0.25) is 0 Å². The van der Waals surface area contributed by atoms with Crippen LogP contribution in [0.25, 0.3) is 0 Å². The fraction of sp³-hybridized carbons (Fsp3) is 0. The van der Waals surface area contributed by atoms with Crippen LogP contribution in [0, 0.1) is 0 Å². The Hall–Kier alpha value is -1.10. The Morgan fingerprint density at radius 3 is 2.50 bits per heavy atom. The predicted octanol–water partition coefficient (Wildman–Crippen LogP) is 3.58. The third-order valence-corrected chi connectivity index (χ3v) is 2.49. The fourth-order valence-corrected chi connectivity index (χ4v) is 1.50. The van der Waals surface area contributed by atoms with E-state index >= 15 is 0 Å². The summed E-state index contributed by atoms with van der Waals surface area (Å²) in [6.07, 6.45) is 0. The molecule has 1 N–H and O–H groups in total. The Morgan fingerprint density at radius 1 is 1.00 bits per heavy atom. The minimum absolute atomic E-state index is 0.0129. The Kier molecular flexibility index (Phi) is 3.43. The number of benzene rings is 1. The second-order valence-electron chi connectivity index (χ2n) is 2.83. The van der Waals surface area contributed by atoms with E-state index in [0.717, 1.165) is 0 Å². The molecule has 0 fully saturated rings. The molecular formula is C9H5Cl3N4. The van der Waals surface area contributed by atoms with E-state index in [4.69, 9.17) is 34.8 Å². The van der Waals surface area contributed by atoms with Crippen LogP contribution in [0.4, 0.5) is 11.5 Å². The van der Waals surface area contributed by atoms with Gasteiger partial charge in [0.1, 0.15) is 0 Å². The van der Waals surface area contributed by atoms with Gasteiger partial charge in [-0.15, -0.1) is 10.2 Å². The van der Waals surface area contributed by atoms with Crippen molar-refractivity contribution in [1.29, 1.82) is 0 Å². The van der Waals surface area contributed by atoms with Gasteiger partial charge in [-0.25, -0.2) is 0 Å². The lowest BCUT2D eigenvalue weighted by molar-refractivity contribution is 0.975. The van der Waals surface area contributed by atoms with Crippen molar-refractivity contribution >= 4 is 46.3 Å². The van der Waals surface area contributed by atoms with Crippen LogP contribution in [0.3, 0.4) is 0 Å². The summed E-state index contributed by atoms with van der Waals surface area (Å²) in [5, 5.41) is 10.7. The van der Waals surface area contributed by atoms with Crippen LogP contribution in [-0.4, -0.2) is 15.2 Å². The topological polar surface area (TPSA) is 50.7 Å². The van der Waals surface area contributed by atoms with Crippen molar-refractivity contribution in [1.82, 2.24) is 15.2 Å². The van der Waals surface area contributed by atoms with Gasteiger partial charge in [0.15, 0.2) is 11.0 Å². The fourth-order valence-electron chi connectivity index (χ4n) is 1.06. The lowest BCUT2D eigenvalue weighted by Gasteiger charge is -2.07. The van der Waals surface area contributed by atoms with E-state index in [1.807, 2.05) is 12.1 Å². The van der Waals surface area contributed by atoms with Crippen LogP contribution in [0.2, 0.25) is 15.5 Å². The first-order valence-electron chi connectivity index (χ1n) is 4.24. The zero-order valence-electron chi connectivity index (χ0n) is 7.78. The van der Waals surface area contributed by atoms with Gasteiger partial charge in [0.25, 0.3) is 0 Å². The molecule has 0 saturated heterocycles. The highest BCUT2D eigenvalue weighted by Crippen LogP contribution is 2.26. The van der Waals surface area contributed by atoms with Crippen LogP contribution in [-0.2, 0) is 0 Å². The number of aromatic nitrogens is 3. The first-order valence-corrected chi connectivity index (χ1v) is 5.37. The van der Waals surface area contributed by atoms with Crippen molar-refractivity contribution in [2.24, 2.45) is 0 Å². The van der Waals surface area contributed by atoms with Crippen LogP contribution >= 0.6 is 34.8 Å². The molecule has 0 aliphatic heterocycles. The lowest BCUT2D eigenvalue weighted by atomic mass is 10.3. The van der Waals surface area contributed by atoms with E-state index in [1.165, 1.54) is 0 Å². The Bertz CT molecular complexity index is 518. The quantitative estimate of drug-likeness (QED) is 0.910. The summed E-state index contributed by atoms with van der Waals surface area (Å²) in [6, 6.07) is 7.18. The molecule has 1 heterocycles. The highest BCUT2D eigenvalue weighted by Gasteiger charge is 2.07. The van der Waals surface area contributed by atoms with E-state index in [-0.39, 0.29) is 10.4 Å². The van der Waals surface area contributed by atoms with Crippen LogP contribution < -0.4 is 5.32 Å². The van der Waals surface area contributed by atoms with Gasteiger partial charge in [-0.05, 0) is 23.7 Å². The molecule has 0 atom stereocenters. The molecule has 0 unspecified atom stereocenters. The second kappa shape index (κ2) is 4.82. The van der Waals surface area contributed by atoms with Crippen molar-refractivity contribution in [3.8, 4) is 0 Å². The number of nitrogens with one attached hydrogen (secondary N) is 1. The molecule has 0 spiro atoms. The monoisotopic (exact) mass is 274 g/mol. The summed E-state index contributed by atoms with van der Waals surface area (Å²) in [5.41, 5.74) is 0.669. The highest BCUT2D eigenvalue weighted by atomic mass is 35.5. The van der Waals surface area contributed by atoms with Gasteiger partial charge in [-0.2, -0.15) is 4.98 Å². The zero-order valence-corrected chi connectivity index (χ0v) is 10.1. The number of halogens is 3. The van der Waals surface area contributed by atoms with Gasteiger partial charge in [0, 0.05) is 0 Å². The molecule has 0 radical (unpaired) electrons. The maximum Gasteiger partial charge on any atom is 0.245 e. The summed E-state index contributed by atoms with van der Waals surface area (Å²) < 4.78 is 0. The van der Waals surface area contributed by atoms with Crippen LogP contribution in [0.5, 0.6) is 0 Å². The molecule has 0 amide bonds. The van der Waals surface area contributed by atoms with E-state index in [9.17, 15) is 0 Å². The average molecular weight is 276 g/mol. The van der Waals surface area contributed by atoms with Gasteiger partial charge in [0.2, 0.25) is 5.28 Å². The highest BCUT2D eigenvalue weighted by molar-refractivity contribution is 6.34. The molecule has 0 bridgehead atoms. The normalized spacial score (nSPS) is 10.2. The van der Waals surface area contributed by atoms with Crippen molar-refractivity contribution in [3.05, 3.63) is 39.7 Å². The van der Waals surface area contributed by atoms with Crippen LogP contribution in [0.1, 0.15) is 0 Å². The van der Waals surface area contributed by atoms with E-state index < -0.39 is 0 Å². The minimum atomic E-state index is 0.0129. The van der Waals surface area contributed by atoms with Gasteiger partial charge < -0.3 is 5.32 Å². The second-order valence-corrected chi connectivity index (χ2v) is 3.93. The molecule has 0 aliphatic rings. The van der Waals surface area contributed by atoms with Gasteiger partial charge >= 0.3 is 0 Å². The third-order valence-electron chi connectivity index (χ3n) is 1.75. The molecular weight excluding hydrogens is 270 g/mol. The van der Waals surface area contributed by atoms with Crippen molar-refractivity contribution < 1.29 is 0 Å². The van der Waals surface area contributed by atoms with E-state index in [2.05, 4.69) is 20.5 Å². The maximum absolute atomic E-state index is 5.96. The average Bonchev–Trinajstić information content (AvgIpc) is 2.27. The van der Waals surface area contributed by atoms with Crippen LogP contribution in [0.15, 0.2) is 24.3 Å². The molecule has 7 heteroatoms. The zero-order chi connectivity index (χ0) is 11.5. The summed E-state index contributed by atoms with van der Waals surface area (Å²) in [7, 11) is 0. The van der Waals surface area contributed by atoms with Gasteiger partial charge in [-0.1, -0.05) is 35.3 Å². The molecule has 0 saturated carbocycles. The van der Waals surface area contributed by atoms with E-state index in [0.29, 0.717) is 16.5 Å². The first kappa shape index (κ1) is 11.4. The molecule has 82 valence electrons. The number of hydrogen-bond donors (Lipinski definition) is 1. The molecule has 1 aromatic heterocycles. The number of anilines is 2. The molecule has 2 rings (SSSR count). The van der Waals surface area contributed by atoms with Crippen molar-refractivity contribution in [2.45, 2.75) is 0 Å². The van der Waals surface area contributed by atoms with Crippen molar-refractivity contribution in [2.75, 3.05) is 5.32 Å². The number of rotatable bonds is 2. The van der Waals surface area contributed by atoms with Gasteiger partial charge in [0.05, 0.1) is 10.7 Å². The molecule has 16 heavy (non-hydrogen) atoms. The molecule has 4 nitrogen and oxygen atoms in total. The maximum atomic E-state index is 5.96. The smallest absolute Gasteiger partial charge is 0.245 e. The third kappa shape index (κ3) is 2.52. The first-order chi connectivity index (χ1) is 7.66. The number of hydrogen-bond acceptors (Lipinski definition) is 4. The Morgan fingerprint density at radius 2 is 1.75 bits per heavy atom. The predicted molar refractivity (Wildman–Crippen MR) is 64.6 cm³/mol. The summed E-state index contributed by atoms with van der Waals surface area (Å²) in [4.78, 5) is 3.90. The Labute approximate surface area is 107 Å². The largest absolute Gasteiger partial charge is 0.336 e. The summed E-state index contributed by atoms with van der Waals surface area (Å²) in [5.74, 6) is 0.315. The molecule has 2 aromatic rings. The standard InChI is InChI=1S/C9H5Cl3N4/c10-5-3-1-2-4-6(5)13-8-7(11)15-16-9(12)14-8/h1-4H,(H,13,14,16). The molecule has 0 aliphatic carbocycles. The number of nitrogens with zero attached hydrogens (tertiary/aromatic N) is 3. The summed E-state index contributed by atoms with van der Waals surface area (Å²) >= 11 is 17.4. The lowest BCUT2D eigenvalue weighted by Crippen LogP contribution is -1.99. The van der Waals surface area contributed by atoms with Crippen molar-refractivity contribution in [3.63, 3.8) is 0 Å². The minimum Gasteiger partial charge on any atom is -0.336 e. The number of para-hydroxylation sites is 1. The SMILES string of the molecule is Clc1nnc(Cl)c(Nc2ccccc2Cl)n1. The molecule has 1 aromatic carbocycles. The Balaban J connectivity index is 2.34. The summed E-state index contributed by atoms with van der Waals surface area (Å²) in [6.45, 7) is 0. The van der Waals surface area contributed by atoms with E-state index in [1.54, 1.807) is 12.1 Å².